The summed E-state index contributed by atoms with van der Waals surface area (Å²) in [7, 11) is 0. The molecule has 0 unspecified atom stereocenters. The number of aryl methyl sites for hydroxylation is 1. The van der Waals surface area contributed by atoms with Gasteiger partial charge in [0.1, 0.15) is 12.4 Å². The lowest BCUT2D eigenvalue weighted by Gasteiger charge is -2.23. The highest BCUT2D eigenvalue weighted by Crippen LogP contribution is 2.20. The number of carbonyl (C=O) groups excluding carboxylic acids is 2. The Kier molecular flexibility index (Phi) is 8.53. The van der Waals surface area contributed by atoms with Crippen molar-refractivity contribution in [3.8, 4) is 0 Å². The van der Waals surface area contributed by atoms with Crippen LogP contribution in [0.2, 0.25) is 0 Å². The Balaban J connectivity index is 1.68. The van der Waals surface area contributed by atoms with Crippen LogP contribution in [0.25, 0.3) is 0 Å². The lowest BCUT2D eigenvalue weighted by molar-refractivity contribution is -0.137. The third-order valence-electron chi connectivity index (χ3n) is 4.89. The van der Waals surface area contributed by atoms with Gasteiger partial charge in [0.15, 0.2) is 0 Å². The minimum Gasteiger partial charge on any atom is -0.481 e. The summed E-state index contributed by atoms with van der Waals surface area (Å²) in [4.78, 5) is 42.7. The number of para-hydroxylation sites is 1. The van der Waals surface area contributed by atoms with Gasteiger partial charge in [-0.05, 0) is 42.3 Å². The topological polar surface area (TPSA) is 112 Å². The fourth-order valence-electron chi connectivity index (χ4n) is 3.28. The molecule has 0 bridgehead atoms. The van der Waals surface area contributed by atoms with Gasteiger partial charge < -0.3 is 15.7 Å². The molecule has 0 spiro atoms. The normalized spacial score (nSPS) is 10.3. The van der Waals surface area contributed by atoms with E-state index in [9.17, 15) is 14.4 Å². The molecule has 3 aromatic rings. The predicted octanol–water partition coefficient (Wildman–Crippen LogP) is 2.97. The third kappa shape index (κ3) is 7.17. The molecule has 0 atom stereocenters. The van der Waals surface area contributed by atoms with Gasteiger partial charge in [-0.1, -0.05) is 42.5 Å². The summed E-state index contributed by atoms with van der Waals surface area (Å²) in [5.41, 5.74) is 1.59. The molecule has 2 amide bonds. The highest BCUT2D eigenvalue weighted by atomic mass is 16.4. The fourth-order valence-corrected chi connectivity index (χ4v) is 3.28. The molecule has 170 valence electrons. The summed E-state index contributed by atoms with van der Waals surface area (Å²) < 4.78 is 0. The number of hydrogen-bond acceptors (Lipinski definition) is 5. The number of carbonyl (C=O) groups is 3. The lowest BCUT2D eigenvalue weighted by atomic mass is 10.0. The smallest absolute Gasteiger partial charge is 0.303 e. The van der Waals surface area contributed by atoms with Crippen molar-refractivity contribution in [1.29, 1.82) is 0 Å². The van der Waals surface area contributed by atoms with Crippen molar-refractivity contribution in [3.63, 3.8) is 0 Å². The number of rotatable bonds is 11. The Morgan fingerprint density at radius 3 is 2.33 bits per heavy atom. The molecule has 2 aromatic carbocycles. The van der Waals surface area contributed by atoms with Gasteiger partial charge >= 0.3 is 5.97 Å². The van der Waals surface area contributed by atoms with E-state index in [0.717, 1.165) is 0 Å². The second-order valence-corrected chi connectivity index (χ2v) is 7.27. The molecule has 1 aromatic heterocycles. The van der Waals surface area contributed by atoms with Gasteiger partial charge in [0, 0.05) is 37.0 Å². The summed E-state index contributed by atoms with van der Waals surface area (Å²) >= 11 is 0. The van der Waals surface area contributed by atoms with Crippen LogP contribution >= 0.6 is 0 Å². The summed E-state index contributed by atoms with van der Waals surface area (Å²) in [6.45, 7) is 0.682. The van der Waals surface area contributed by atoms with Gasteiger partial charge in [0.25, 0.3) is 5.91 Å². The van der Waals surface area contributed by atoms with Gasteiger partial charge in [0.05, 0.1) is 0 Å². The monoisotopic (exact) mass is 446 g/mol. The summed E-state index contributed by atoms with van der Waals surface area (Å²) in [6, 6.07) is 21.3. The van der Waals surface area contributed by atoms with E-state index in [4.69, 9.17) is 5.11 Å². The molecule has 3 N–H and O–H groups in total. The quantitative estimate of drug-likeness (QED) is 0.391. The van der Waals surface area contributed by atoms with Crippen LogP contribution in [0.1, 0.15) is 22.3 Å². The van der Waals surface area contributed by atoms with Crippen LogP contribution in [0.15, 0.2) is 79.0 Å². The first kappa shape index (κ1) is 23.5. The van der Waals surface area contributed by atoms with Crippen LogP contribution in [0.4, 0.5) is 11.5 Å². The highest BCUT2D eigenvalue weighted by molar-refractivity contribution is 6.09. The first-order valence-corrected chi connectivity index (χ1v) is 10.6. The molecule has 0 fully saturated rings. The maximum Gasteiger partial charge on any atom is 0.303 e. The number of carboxylic acids is 1. The number of aromatic nitrogens is 1. The zero-order valence-corrected chi connectivity index (χ0v) is 18.1. The van der Waals surface area contributed by atoms with E-state index in [2.05, 4.69) is 15.6 Å². The van der Waals surface area contributed by atoms with E-state index in [-0.39, 0.29) is 31.2 Å². The zero-order chi connectivity index (χ0) is 23.5. The van der Waals surface area contributed by atoms with E-state index in [0.29, 0.717) is 35.7 Å². The number of benzene rings is 2. The molecule has 3 rings (SSSR count). The van der Waals surface area contributed by atoms with Gasteiger partial charge in [-0.2, -0.15) is 0 Å². The molecule has 0 aliphatic carbocycles. The number of amides is 2. The Hall–Kier alpha value is -4.20. The first-order valence-electron chi connectivity index (χ1n) is 10.6. The van der Waals surface area contributed by atoms with Crippen LogP contribution in [-0.4, -0.2) is 47.5 Å². The van der Waals surface area contributed by atoms with Crippen LogP contribution in [0, 0.1) is 0 Å². The number of hydrogen-bond donors (Lipinski definition) is 3. The van der Waals surface area contributed by atoms with E-state index in [1.807, 2.05) is 24.3 Å². The van der Waals surface area contributed by atoms with Gasteiger partial charge in [-0.15, -0.1) is 0 Å². The van der Waals surface area contributed by atoms with Gasteiger partial charge in [0.2, 0.25) is 5.91 Å². The average Bonchev–Trinajstić information content (AvgIpc) is 2.85. The summed E-state index contributed by atoms with van der Waals surface area (Å²) in [6.07, 6.45) is 1.82. The number of nitrogens with one attached hydrogen (secondary N) is 2. The van der Waals surface area contributed by atoms with Crippen LogP contribution < -0.4 is 15.5 Å². The van der Waals surface area contributed by atoms with Crippen LogP contribution in [-0.2, 0) is 16.0 Å². The lowest BCUT2D eigenvalue weighted by Crippen LogP contribution is -2.42. The Bertz CT molecular complexity index is 1070. The van der Waals surface area contributed by atoms with E-state index < -0.39 is 5.97 Å². The maximum atomic E-state index is 13.4. The SMILES string of the molecule is O=C(O)CCc1ccccc1C(=O)N(CC(=O)NCCNc1ccccn1)c1ccccc1. The van der Waals surface area contributed by atoms with Crippen molar-refractivity contribution in [1.82, 2.24) is 10.3 Å². The molecule has 1 heterocycles. The average molecular weight is 447 g/mol. The van der Waals surface area contributed by atoms with Crippen molar-refractivity contribution in [3.05, 3.63) is 90.1 Å². The molecule has 8 nitrogen and oxygen atoms in total. The minimum absolute atomic E-state index is 0.0839. The molecular formula is C25H26N4O4. The van der Waals surface area contributed by atoms with E-state index in [1.165, 1.54) is 4.90 Å². The van der Waals surface area contributed by atoms with Gasteiger partial charge in [-0.3, -0.25) is 19.3 Å². The number of pyridine rings is 1. The Morgan fingerprint density at radius 1 is 0.879 bits per heavy atom. The zero-order valence-electron chi connectivity index (χ0n) is 18.1. The first-order chi connectivity index (χ1) is 16.0. The van der Waals surface area contributed by atoms with Crippen LogP contribution in [0.5, 0.6) is 0 Å². The van der Waals surface area contributed by atoms with E-state index >= 15 is 0 Å². The highest BCUT2D eigenvalue weighted by Gasteiger charge is 2.22. The molecule has 0 saturated heterocycles. The molecule has 0 radical (unpaired) electrons. The van der Waals surface area contributed by atoms with Crippen molar-refractivity contribution in [2.45, 2.75) is 12.8 Å². The third-order valence-corrected chi connectivity index (χ3v) is 4.89. The molecule has 0 aliphatic heterocycles. The number of aliphatic carboxylic acids is 1. The van der Waals surface area contributed by atoms with Crippen LogP contribution in [0.3, 0.4) is 0 Å². The van der Waals surface area contributed by atoms with Gasteiger partial charge in [-0.25, -0.2) is 4.98 Å². The second kappa shape index (κ2) is 12.0. The predicted molar refractivity (Wildman–Crippen MR) is 126 cm³/mol. The maximum absolute atomic E-state index is 13.4. The number of carboxylic acid groups (broad SMARTS) is 1. The fraction of sp³-hybridized carbons (Fsp3) is 0.200. The summed E-state index contributed by atoms with van der Waals surface area (Å²) in [5.74, 6) is -0.886. The standard InChI is InChI=1S/C25H26N4O4/c30-23(28-17-16-27-22-12-6-7-15-26-22)18-29(20-9-2-1-3-10-20)25(33)21-11-5-4-8-19(21)13-14-24(31)32/h1-12,15H,13-14,16-18H2,(H,26,27)(H,28,30)(H,31,32). The van der Waals surface area contributed by atoms with Crippen molar-refractivity contribution in [2.75, 3.05) is 29.9 Å². The Morgan fingerprint density at radius 2 is 1.61 bits per heavy atom. The molecular weight excluding hydrogens is 420 g/mol. The van der Waals surface area contributed by atoms with Crippen molar-refractivity contribution >= 4 is 29.3 Å². The van der Waals surface area contributed by atoms with Crippen molar-refractivity contribution in [2.24, 2.45) is 0 Å². The van der Waals surface area contributed by atoms with Crippen molar-refractivity contribution < 1.29 is 19.5 Å². The van der Waals surface area contributed by atoms with E-state index in [1.54, 1.807) is 54.7 Å². The Labute approximate surface area is 192 Å². The second-order valence-electron chi connectivity index (χ2n) is 7.27. The molecule has 8 heteroatoms. The molecule has 33 heavy (non-hydrogen) atoms. The minimum atomic E-state index is -0.934. The molecule has 0 aliphatic rings. The largest absolute Gasteiger partial charge is 0.481 e. The number of nitrogens with zero attached hydrogens (tertiary/aromatic N) is 2. The molecule has 0 saturated carbocycles. The summed E-state index contributed by atoms with van der Waals surface area (Å²) in [5, 5.41) is 15.0. The number of anilines is 2.